The van der Waals surface area contributed by atoms with Gasteiger partial charge in [0.05, 0.1) is 40.7 Å². The molecule has 5 aromatic rings. The maximum atomic E-state index is 14.5. The number of nitrogens with one attached hydrogen (secondary N) is 2. The predicted molar refractivity (Wildman–Crippen MR) is 281 cm³/mol. The molecule has 2 fully saturated rings. The highest BCUT2D eigenvalue weighted by molar-refractivity contribution is 7.60. The monoisotopic (exact) mass is 987 g/mol. The normalized spacial score (nSPS) is 21.4. The molecule has 6 heterocycles. The first-order valence-corrected chi connectivity index (χ1v) is 21.7. The number of pyridine rings is 1. The first kappa shape index (κ1) is 55.1. The zero-order valence-corrected chi connectivity index (χ0v) is 43.2. The minimum atomic E-state index is -0.901. The standard InChI is InChI=1S/C46H55N7O5S.5H2S/c1-7-52-38-18-17-30-23-33(38)34(42(52)31-15-11-20-47-40(31)28(2)57-6)25-46(3,4)27-58-45(56)35-16-12-21-53(50-35)44(55)36(24-39-48-37(30)26-59-39)49-43(54)32-19-22-51(5)41(32)29-13-9-8-10-14-29;;;;;/h8-11,13-15,17-18,20,23,26,28,32,35-36,41,50H,7,12,16,19,21-22,24-25,27H2,1-6H3,(H,49,54);5*1H2/t28-,32-,35-,36-,41+;;;;;/m0...../s1. The van der Waals surface area contributed by atoms with Gasteiger partial charge in [-0.25, -0.2) is 10.4 Å². The summed E-state index contributed by atoms with van der Waals surface area (Å²) >= 11 is 1.48. The van der Waals surface area contributed by atoms with Gasteiger partial charge in [-0.15, -0.1) is 11.3 Å². The maximum Gasteiger partial charge on any atom is 0.324 e. The van der Waals surface area contributed by atoms with Crippen molar-refractivity contribution in [2.24, 2.45) is 11.3 Å². The predicted octanol–water partition coefficient (Wildman–Crippen LogP) is 7.46. The number of aryl methyl sites for hydroxylation is 1. The number of likely N-dealkylation sites (tertiary alicyclic amines) is 1. The van der Waals surface area contributed by atoms with E-state index in [1.165, 1.54) is 16.3 Å². The minimum absolute atomic E-state index is 0. The van der Waals surface area contributed by atoms with E-state index in [9.17, 15) is 14.4 Å². The van der Waals surface area contributed by atoms with Gasteiger partial charge >= 0.3 is 5.97 Å². The lowest BCUT2D eigenvalue weighted by molar-refractivity contribution is -0.155. The Kier molecular flexibility index (Phi) is 20.2. The quantitative estimate of drug-likeness (QED) is 0.160. The molecule has 0 radical (unpaired) electrons. The van der Waals surface area contributed by atoms with Crippen LogP contribution < -0.4 is 10.7 Å². The van der Waals surface area contributed by atoms with Crippen LogP contribution >= 0.6 is 78.8 Å². The van der Waals surface area contributed by atoms with Crippen molar-refractivity contribution in [2.75, 3.05) is 33.9 Å². The molecule has 350 valence electrons. The van der Waals surface area contributed by atoms with Gasteiger partial charge in [0.15, 0.2) is 0 Å². The molecule has 3 aromatic heterocycles. The Hall–Kier alpha value is -3.20. The maximum absolute atomic E-state index is 14.5. The van der Waals surface area contributed by atoms with Crippen LogP contribution in [-0.2, 0) is 43.2 Å². The summed E-state index contributed by atoms with van der Waals surface area (Å²) in [5.41, 5.74) is 10.7. The average Bonchev–Trinajstić information content (AvgIpc) is 3.97. The van der Waals surface area contributed by atoms with Gasteiger partial charge in [-0.05, 0) is 88.5 Å². The van der Waals surface area contributed by atoms with E-state index in [4.69, 9.17) is 19.4 Å². The number of benzene rings is 2. The zero-order chi connectivity index (χ0) is 41.4. The Bertz CT molecular complexity index is 2360. The number of hydrogen-bond donors (Lipinski definition) is 2. The lowest BCUT2D eigenvalue weighted by atomic mass is 9.84. The number of hydrogen-bond acceptors (Lipinski definition) is 10. The molecule has 3 aliphatic rings. The minimum Gasteiger partial charge on any atom is -0.464 e. The number of carbonyl (C=O) groups excluding carboxylic acids is 3. The van der Waals surface area contributed by atoms with Crippen molar-refractivity contribution in [3.63, 3.8) is 0 Å². The molecule has 0 saturated carbocycles. The number of amides is 2. The smallest absolute Gasteiger partial charge is 0.324 e. The van der Waals surface area contributed by atoms with E-state index in [0.717, 1.165) is 68.3 Å². The second kappa shape index (κ2) is 23.5. The lowest BCUT2D eigenvalue weighted by Gasteiger charge is -2.36. The number of hydrazine groups is 1. The van der Waals surface area contributed by atoms with E-state index >= 15 is 0 Å². The van der Waals surface area contributed by atoms with Crippen LogP contribution in [0.1, 0.15) is 80.9 Å². The summed E-state index contributed by atoms with van der Waals surface area (Å²) in [6.07, 6.45) is 4.22. The molecular formula is C46H65N7O5S6. The largest absolute Gasteiger partial charge is 0.464 e. The van der Waals surface area contributed by atoms with Crippen molar-refractivity contribution in [3.05, 3.63) is 94.1 Å². The molecule has 5 atom stereocenters. The molecule has 8 rings (SSSR count). The molecule has 3 aliphatic heterocycles. The lowest BCUT2D eigenvalue weighted by Crippen LogP contribution is -2.60. The van der Waals surface area contributed by atoms with Gasteiger partial charge in [-0.3, -0.25) is 29.3 Å². The van der Waals surface area contributed by atoms with Crippen LogP contribution in [0.4, 0.5) is 0 Å². The fraction of sp³-hybridized carbons (Fsp3) is 0.457. The number of fused-ring (bicyclic) bond motifs is 6. The van der Waals surface area contributed by atoms with E-state index in [-0.39, 0.29) is 110 Å². The summed E-state index contributed by atoms with van der Waals surface area (Å²) in [5, 5.41) is 8.55. The highest BCUT2D eigenvalue weighted by Crippen LogP contribution is 2.42. The van der Waals surface area contributed by atoms with Crippen molar-refractivity contribution >= 4 is 108 Å². The molecule has 2 amide bonds. The number of cyclic esters (lactones) is 1. The molecule has 2 saturated heterocycles. The molecule has 12 nitrogen and oxygen atoms in total. The van der Waals surface area contributed by atoms with Crippen molar-refractivity contribution in [3.8, 4) is 22.5 Å². The van der Waals surface area contributed by atoms with E-state index in [1.807, 2.05) is 49.8 Å². The van der Waals surface area contributed by atoms with Gasteiger partial charge in [-0.2, -0.15) is 67.5 Å². The average molecular weight is 988 g/mol. The van der Waals surface area contributed by atoms with Gasteiger partial charge in [-0.1, -0.05) is 50.2 Å². The fourth-order valence-electron chi connectivity index (χ4n) is 9.20. The number of thiazole rings is 1. The molecule has 0 spiro atoms. The van der Waals surface area contributed by atoms with Gasteiger partial charge in [0, 0.05) is 71.7 Å². The summed E-state index contributed by atoms with van der Waals surface area (Å²) in [5.74, 6) is -1.20. The number of methoxy groups -OCH3 is 1. The number of aromatic nitrogens is 3. The summed E-state index contributed by atoms with van der Waals surface area (Å²) in [6.45, 7) is 10.5. The van der Waals surface area contributed by atoms with Crippen molar-refractivity contribution in [2.45, 2.75) is 90.6 Å². The SMILES string of the molecule is CCn1c(-c2cccnc2[C@H](C)OC)c2c3cc(ccc31)-c1csc(n1)C[C@H](NC(=O)[C@H]1CCN(C)[C@@H]1c1ccccc1)C(=O)N1CCC[C@H](N1)C(=O)OCC(C)(C)C2.S.S.S.S.S. The second-order valence-electron chi connectivity index (χ2n) is 17.0. The van der Waals surface area contributed by atoms with Crippen LogP contribution in [0.15, 0.2) is 72.2 Å². The summed E-state index contributed by atoms with van der Waals surface area (Å²) < 4.78 is 14.3. The number of carbonyl (C=O) groups is 3. The van der Waals surface area contributed by atoms with E-state index < -0.39 is 23.5 Å². The van der Waals surface area contributed by atoms with Crippen molar-refractivity contribution in [1.82, 2.24) is 35.2 Å². The van der Waals surface area contributed by atoms with E-state index in [1.54, 1.807) is 7.11 Å². The molecule has 6 bridgehead atoms. The van der Waals surface area contributed by atoms with Crippen LogP contribution in [0.2, 0.25) is 0 Å². The summed E-state index contributed by atoms with van der Waals surface area (Å²) in [7, 11) is 3.74. The summed E-state index contributed by atoms with van der Waals surface area (Å²) in [6, 6.07) is 18.9. The third-order valence-electron chi connectivity index (χ3n) is 12.3. The number of nitrogens with zero attached hydrogens (tertiary/aromatic N) is 5. The van der Waals surface area contributed by atoms with Gasteiger partial charge in [0.2, 0.25) is 5.91 Å². The number of esters is 1. The fourth-order valence-corrected chi connectivity index (χ4v) is 10.1. The first-order chi connectivity index (χ1) is 28.5. The van der Waals surface area contributed by atoms with Crippen LogP contribution in [0.25, 0.3) is 33.4 Å². The van der Waals surface area contributed by atoms with Crippen LogP contribution in [0.3, 0.4) is 0 Å². The third kappa shape index (κ3) is 11.3. The van der Waals surface area contributed by atoms with Crippen LogP contribution in [-0.4, -0.2) is 88.2 Å². The Labute approximate surface area is 416 Å². The van der Waals surface area contributed by atoms with Crippen molar-refractivity contribution in [1.29, 1.82) is 0 Å². The topological polar surface area (TPSA) is 131 Å². The number of ether oxygens (including phenoxy) is 2. The third-order valence-corrected chi connectivity index (χ3v) is 13.2. The molecule has 18 heteroatoms. The Morgan fingerprint density at radius 2 is 1.78 bits per heavy atom. The highest BCUT2D eigenvalue weighted by Gasteiger charge is 2.41. The van der Waals surface area contributed by atoms with Gasteiger partial charge < -0.3 is 19.4 Å². The molecule has 2 N–H and O–H groups in total. The van der Waals surface area contributed by atoms with Gasteiger partial charge in [0.1, 0.15) is 12.1 Å². The molecule has 0 aliphatic carbocycles. The van der Waals surface area contributed by atoms with Crippen molar-refractivity contribution < 1.29 is 23.9 Å². The molecule has 64 heavy (non-hydrogen) atoms. The first-order valence-electron chi connectivity index (χ1n) is 20.8. The Balaban J connectivity index is 0.00000218. The van der Waals surface area contributed by atoms with E-state index in [0.29, 0.717) is 32.2 Å². The number of rotatable bonds is 7. The highest BCUT2D eigenvalue weighted by atomic mass is 32.1. The zero-order valence-electron chi connectivity index (χ0n) is 37.4. The summed E-state index contributed by atoms with van der Waals surface area (Å²) in [4.78, 5) is 54.7. The molecule has 0 unspecified atom stereocenters. The van der Waals surface area contributed by atoms with E-state index in [2.05, 4.69) is 77.4 Å². The second-order valence-corrected chi connectivity index (χ2v) is 17.9. The van der Waals surface area contributed by atoms with Gasteiger partial charge in [0.25, 0.3) is 5.91 Å². The molecule has 2 aromatic carbocycles. The van der Waals surface area contributed by atoms with Crippen LogP contribution in [0, 0.1) is 11.3 Å². The molecular weight excluding hydrogens is 923 g/mol. The Morgan fingerprint density at radius 3 is 2.50 bits per heavy atom. The Morgan fingerprint density at radius 1 is 1.03 bits per heavy atom. The van der Waals surface area contributed by atoms with Crippen LogP contribution in [0.5, 0.6) is 0 Å².